The standard InChI is InChI=1S/C16H20N4O3/c1-10-14-15(17-5-7-23-8-6-21)12-9-11(22-2)3-4-13(12)18-16(14)20-19-10/h3-4,9,21H,5-8H2,1-2H3,(H2,17,18,19,20). The van der Waals surface area contributed by atoms with Crippen molar-refractivity contribution in [2.24, 2.45) is 0 Å². The number of anilines is 1. The molecule has 0 aliphatic heterocycles. The van der Waals surface area contributed by atoms with Crippen LogP contribution in [0.5, 0.6) is 5.75 Å². The predicted octanol–water partition coefficient (Wildman–Crippen LogP) is 1.85. The molecular weight excluding hydrogens is 296 g/mol. The first-order valence-electron chi connectivity index (χ1n) is 7.49. The van der Waals surface area contributed by atoms with E-state index in [-0.39, 0.29) is 6.61 Å². The Morgan fingerprint density at radius 1 is 1.30 bits per heavy atom. The number of H-pyrrole nitrogens is 1. The van der Waals surface area contributed by atoms with Crippen molar-refractivity contribution in [2.75, 3.05) is 38.8 Å². The fourth-order valence-electron chi connectivity index (χ4n) is 2.58. The summed E-state index contributed by atoms with van der Waals surface area (Å²) in [4.78, 5) is 4.59. The fourth-order valence-corrected chi connectivity index (χ4v) is 2.58. The molecule has 0 spiro atoms. The molecule has 1 aromatic carbocycles. The monoisotopic (exact) mass is 316 g/mol. The summed E-state index contributed by atoms with van der Waals surface area (Å²) in [5.41, 5.74) is 3.45. The van der Waals surface area contributed by atoms with Gasteiger partial charge >= 0.3 is 0 Å². The highest BCUT2D eigenvalue weighted by Crippen LogP contribution is 2.33. The van der Waals surface area contributed by atoms with Gasteiger partial charge in [-0.2, -0.15) is 5.10 Å². The van der Waals surface area contributed by atoms with Gasteiger partial charge in [-0.3, -0.25) is 5.10 Å². The summed E-state index contributed by atoms with van der Waals surface area (Å²) in [6.45, 7) is 3.46. The Kier molecular flexibility index (Phi) is 4.59. The highest BCUT2D eigenvalue weighted by Gasteiger charge is 2.14. The van der Waals surface area contributed by atoms with Crippen LogP contribution in [0.15, 0.2) is 18.2 Å². The summed E-state index contributed by atoms with van der Waals surface area (Å²) in [5.74, 6) is 0.777. The summed E-state index contributed by atoms with van der Waals surface area (Å²) in [6.07, 6.45) is 0. The molecule has 3 N–H and O–H groups in total. The van der Waals surface area contributed by atoms with Crippen LogP contribution in [0.4, 0.5) is 5.69 Å². The molecule has 0 aliphatic rings. The molecule has 3 aromatic rings. The van der Waals surface area contributed by atoms with Crippen molar-refractivity contribution in [3.63, 3.8) is 0 Å². The Morgan fingerprint density at radius 3 is 2.96 bits per heavy atom. The zero-order valence-corrected chi connectivity index (χ0v) is 13.2. The third-order valence-electron chi connectivity index (χ3n) is 3.66. The van der Waals surface area contributed by atoms with Crippen LogP contribution in [0.2, 0.25) is 0 Å². The van der Waals surface area contributed by atoms with Gasteiger partial charge in [-0.25, -0.2) is 4.98 Å². The van der Waals surface area contributed by atoms with Crippen molar-refractivity contribution in [1.29, 1.82) is 0 Å². The number of hydrogen-bond acceptors (Lipinski definition) is 6. The molecular formula is C16H20N4O3. The molecule has 0 amide bonds. The molecule has 0 unspecified atom stereocenters. The van der Waals surface area contributed by atoms with Crippen LogP contribution in [0, 0.1) is 6.92 Å². The van der Waals surface area contributed by atoms with Gasteiger partial charge in [0.2, 0.25) is 0 Å². The predicted molar refractivity (Wildman–Crippen MR) is 89.1 cm³/mol. The van der Waals surface area contributed by atoms with Gasteiger partial charge in [0, 0.05) is 17.6 Å². The van der Waals surface area contributed by atoms with Gasteiger partial charge in [0.05, 0.1) is 43.5 Å². The van der Waals surface area contributed by atoms with E-state index in [0.29, 0.717) is 25.4 Å². The van der Waals surface area contributed by atoms with Gasteiger partial charge in [-0.1, -0.05) is 0 Å². The van der Waals surface area contributed by atoms with Crippen LogP contribution in [-0.2, 0) is 4.74 Å². The number of nitrogens with one attached hydrogen (secondary N) is 2. The molecule has 0 aliphatic carbocycles. The topological polar surface area (TPSA) is 92.3 Å². The van der Waals surface area contributed by atoms with Crippen LogP contribution in [0.1, 0.15) is 5.69 Å². The van der Waals surface area contributed by atoms with Gasteiger partial charge in [0.1, 0.15) is 5.75 Å². The van der Waals surface area contributed by atoms with Crippen LogP contribution < -0.4 is 10.1 Å². The van der Waals surface area contributed by atoms with Crippen molar-refractivity contribution < 1.29 is 14.6 Å². The van der Waals surface area contributed by atoms with E-state index in [0.717, 1.165) is 33.4 Å². The van der Waals surface area contributed by atoms with Crippen LogP contribution in [0.25, 0.3) is 21.9 Å². The number of nitrogens with zero attached hydrogens (tertiary/aromatic N) is 2. The number of pyridine rings is 1. The summed E-state index contributed by atoms with van der Waals surface area (Å²) < 4.78 is 10.6. The molecule has 2 heterocycles. The summed E-state index contributed by atoms with van der Waals surface area (Å²) >= 11 is 0. The Hall–Kier alpha value is -2.38. The molecule has 0 atom stereocenters. The molecule has 0 bridgehead atoms. The summed E-state index contributed by atoms with van der Waals surface area (Å²) in [7, 11) is 1.64. The van der Waals surface area contributed by atoms with Crippen molar-refractivity contribution in [3.8, 4) is 5.75 Å². The Balaban J connectivity index is 2.02. The number of methoxy groups -OCH3 is 1. The summed E-state index contributed by atoms with van der Waals surface area (Å²) in [6, 6.07) is 5.77. The molecule has 2 aromatic heterocycles. The van der Waals surface area contributed by atoms with Crippen molar-refractivity contribution in [3.05, 3.63) is 23.9 Å². The number of aromatic nitrogens is 3. The van der Waals surface area contributed by atoms with Gasteiger partial charge in [0.25, 0.3) is 0 Å². The van der Waals surface area contributed by atoms with Gasteiger partial charge in [-0.15, -0.1) is 0 Å². The molecule has 23 heavy (non-hydrogen) atoms. The lowest BCUT2D eigenvalue weighted by atomic mass is 10.1. The van der Waals surface area contributed by atoms with E-state index in [2.05, 4.69) is 20.5 Å². The van der Waals surface area contributed by atoms with E-state index < -0.39 is 0 Å². The number of fused-ring (bicyclic) bond motifs is 2. The van der Waals surface area contributed by atoms with E-state index in [9.17, 15) is 0 Å². The minimum atomic E-state index is 0.0282. The smallest absolute Gasteiger partial charge is 0.183 e. The van der Waals surface area contributed by atoms with Gasteiger partial charge in [0.15, 0.2) is 5.65 Å². The zero-order chi connectivity index (χ0) is 16.2. The molecule has 7 nitrogen and oxygen atoms in total. The number of aromatic amines is 1. The maximum Gasteiger partial charge on any atom is 0.183 e. The second-order valence-corrected chi connectivity index (χ2v) is 5.18. The maximum atomic E-state index is 8.75. The van der Waals surface area contributed by atoms with Crippen LogP contribution in [0.3, 0.4) is 0 Å². The number of ether oxygens (including phenoxy) is 2. The number of hydrogen-bond donors (Lipinski definition) is 3. The zero-order valence-electron chi connectivity index (χ0n) is 13.2. The first-order chi connectivity index (χ1) is 11.2. The van der Waals surface area contributed by atoms with E-state index in [1.807, 2.05) is 25.1 Å². The first kappa shape index (κ1) is 15.5. The largest absolute Gasteiger partial charge is 0.497 e. The summed E-state index contributed by atoms with van der Waals surface area (Å²) in [5, 5.41) is 21.3. The van der Waals surface area contributed by atoms with Crippen molar-refractivity contribution in [1.82, 2.24) is 15.2 Å². The minimum absolute atomic E-state index is 0.0282. The van der Waals surface area contributed by atoms with E-state index in [4.69, 9.17) is 14.6 Å². The third kappa shape index (κ3) is 3.06. The molecule has 0 saturated heterocycles. The number of benzene rings is 1. The lowest BCUT2D eigenvalue weighted by Crippen LogP contribution is -2.12. The second-order valence-electron chi connectivity index (χ2n) is 5.18. The van der Waals surface area contributed by atoms with Crippen LogP contribution in [-0.4, -0.2) is 53.8 Å². The highest BCUT2D eigenvalue weighted by atomic mass is 16.5. The Morgan fingerprint density at radius 2 is 2.17 bits per heavy atom. The van der Waals surface area contributed by atoms with Crippen molar-refractivity contribution >= 4 is 27.6 Å². The highest BCUT2D eigenvalue weighted by molar-refractivity contribution is 6.07. The van der Waals surface area contributed by atoms with E-state index >= 15 is 0 Å². The number of aliphatic hydroxyl groups is 1. The molecule has 7 heteroatoms. The first-order valence-corrected chi connectivity index (χ1v) is 7.49. The SMILES string of the molecule is COc1ccc2nc3n[nH]c(C)c3c(NCCOCCO)c2c1. The molecule has 0 radical (unpaired) electrons. The average molecular weight is 316 g/mol. The van der Waals surface area contributed by atoms with Crippen molar-refractivity contribution in [2.45, 2.75) is 6.92 Å². The number of aliphatic hydroxyl groups excluding tert-OH is 1. The lowest BCUT2D eigenvalue weighted by Gasteiger charge is -2.12. The van der Waals surface area contributed by atoms with Crippen LogP contribution >= 0.6 is 0 Å². The number of aryl methyl sites for hydroxylation is 1. The van der Waals surface area contributed by atoms with Gasteiger partial charge in [-0.05, 0) is 25.1 Å². The normalized spacial score (nSPS) is 11.3. The maximum absolute atomic E-state index is 8.75. The average Bonchev–Trinajstić information content (AvgIpc) is 2.94. The third-order valence-corrected chi connectivity index (χ3v) is 3.66. The fraction of sp³-hybridized carbons (Fsp3) is 0.375. The Labute approximate surface area is 133 Å². The lowest BCUT2D eigenvalue weighted by molar-refractivity contribution is 0.0992. The quantitative estimate of drug-likeness (QED) is 0.576. The molecule has 0 saturated carbocycles. The molecule has 0 fully saturated rings. The van der Waals surface area contributed by atoms with E-state index in [1.54, 1.807) is 7.11 Å². The second kappa shape index (κ2) is 6.80. The minimum Gasteiger partial charge on any atom is -0.497 e. The number of rotatable bonds is 7. The molecule has 3 rings (SSSR count). The Bertz CT molecular complexity index is 816. The molecule has 122 valence electrons. The van der Waals surface area contributed by atoms with E-state index in [1.165, 1.54) is 0 Å². The van der Waals surface area contributed by atoms with Gasteiger partial charge < -0.3 is 19.9 Å².